The van der Waals surface area contributed by atoms with Gasteiger partial charge >= 0.3 is 5.97 Å². The number of hydroxylamine groups is 1. The van der Waals surface area contributed by atoms with Crippen molar-refractivity contribution in [2.45, 2.75) is 82.5 Å². The molecule has 10 rings (SSSR count). The zero-order valence-electron chi connectivity index (χ0n) is 54.9. The normalized spacial score (nSPS) is 46.1. The van der Waals surface area contributed by atoms with Crippen LogP contribution >= 0.6 is 22.7 Å². The second-order valence-corrected chi connectivity index (χ2v) is 14.0. The molecule has 6 fully saturated rings. The Hall–Kier alpha value is -3.66. The van der Waals surface area contributed by atoms with Crippen molar-refractivity contribution >= 4 is 34.6 Å². The average molecular weight is 822 g/mol. The molecule has 0 spiro atoms. The minimum absolute atomic E-state index is 0.0170. The summed E-state index contributed by atoms with van der Waals surface area (Å²) in [5.74, 6) is -10.4. The summed E-state index contributed by atoms with van der Waals surface area (Å²) in [5.41, 5.74) is -1.72. The van der Waals surface area contributed by atoms with E-state index in [1.165, 1.54) is 71.7 Å². The number of rotatable bonds is 8. The number of amides is 1. The van der Waals surface area contributed by atoms with Crippen molar-refractivity contribution in [3.05, 3.63) is 82.3 Å². The van der Waals surface area contributed by atoms with E-state index in [1.807, 2.05) is 0 Å². The molecule has 296 valence electrons. The Kier molecular flexibility index (Phi) is 6.16. The quantitative estimate of drug-likeness (QED) is 0.0973. The van der Waals surface area contributed by atoms with E-state index in [0.717, 1.165) is 29.6 Å². The first-order valence-electron chi connectivity index (χ1n) is 29.1. The van der Waals surface area contributed by atoms with Gasteiger partial charge in [0.2, 0.25) is 0 Å². The molecule has 8 atom stereocenters. The summed E-state index contributed by atoms with van der Waals surface area (Å²) in [6.07, 6.45) is -20.9. The lowest BCUT2D eigenvalue weighted by Gasteiger charge is -2.44. The number of ether oxygens (including phenoxy) is 1. The molecule has 0 saturated carbocycles. The summed E-state index contributed by atoms with van der Waals surface area (Å²) >= 11 is 2.15. The van der Waals surface area contributed by atoms with Crippen molar-refractivity contribution in [1.29, 1.82) is 0 Å². The molecule has 0 radical (unpaired) electrons. The molecule has 2 aromatic carbocycles. The van der Waals surface area contributed by atoms with Gasteiger partial charge in [-0.3, -0.25) is 19.7 Å². The van der Waals surface area contributed by atoms with Gasteiger partial charge < -0.3 is 14.7 Å². The number of thiazole rings is 2. The van der Waals surface area contributed by atoms with Crippen LogP contribution < -0.4 is 5.48 Å². The number of halogens is 2. The second kappa shape index (κ2) is 17.6. The number of fused-ring (bicyclic) bond motifs is 6. The molecule has 6 aliphatic rings. The van der Waals surface area contributed by atoms with Gasteiger partial charge in [0.05, 0.1) is 32.0 Å². The van der Waals surface area contributed by atoms with Crippen molar-refractivity contribution in [1.82, 2.24) is 25.2 Å². The second-order valence-electron chi connectivity index (χ2n) is 12.3. The summed E-state index contributed by atoms with van der Waals surface area (Å²) in [7, 11) is 0. The van der Waals surface area contributed by atoms with Crippen LogP contribution in [0.25, 0.3) is 21.1 Å². The lowest BCUT2D eigenvalue weighted by atomic mass is 9.85. The van der Waals surface area contributed by atoms with Crippen molar-refractivity contribution < 1.29 is 69.1 Å². The van der Waals surface area contributed by atoms with Gasteiger partial charge in [0, 0.05) is 73.2 Å². The highest BCUT2D eigenvalue weighted by Gasteiger charge is 2.38. The molecule has 0 aliphatic carbocycles. The number of benzene rings is 2. The van der Waals surface area contributed by atoms with Gasteiger partial charge in [-0.15, -0.1) is 22.7 Å². The van der Waals surface area contributed by atoms with E-state index in [-0.39, 0.29) is 21.2 Å². The van der Waals surface area contributed by atoms with Crippen molar-refractivity contribution in [3.63, 3.8) is 0 Å². The van der Waals surface area contributed by atoms with Crippen LogP contribution in [0.4, 0.5) is 8.78 Å². The molecule has 6 unspecified atom stereocenters. The third kappa shape index (κ3) is 10.2. The fraction of sp³-hybridized carbons (Fsp3) is 0.512. The number of carbonyl (C=O) groups is 2. The number of esters is 1. The van der Waals surface area contributed by atoms with Gasteiger partial charge in [-0.05, 0) is 126 Å². The lowest BCUT2D eigenvalue weighted by molar-refractivity contribution is -0.160. The van der Waals surface area contributed by atoms with E-state index >= 15 is 0 Å². The molecule has 6 aliphatic heterocycles. The molecule has 10 nitrogen and oxygen atoms in total. The van der Waals surface area contributed by atoms with Crippen LogP contribution in [0, 0.1) is 23.4 Å². The predicted octanol–water partition coefficient (Wildman–Crippen LogP) is 7.06. The Morgan fingerprint density at radius 3 is 2.02 bits per heavy atom. The maximum Gasteiger partial charge on any atom is 0.307 e. The Morgan fingerprint density at radius 2 is 1.44 bits per heavy atom. The fourth-order valence-electron chi connectivity index (χ4n) is 4.82. The number of piperidine rings is 6. The Bertz CT molecular complexity index is 3030. The first-order chi connectivity index (χ1) is 36.2. The molecule has 55 heavy (non-hydrogen) atoms. The van der Waals surface area contributed by atoms with Crippen LogP contribution in [-0.4, -0.2) is 93.2 Å². The van der Waals surface area contributed by atoms with E-state index in [4.69, 9.17) is 45.6 Å². The van der Waals surface area contributed by atoms with E-state index in [9.17, 15) is 23.5 Å². The standard InChI is InChI=1S/C21H25FN2O2S.C13H13FN2O2S.C7H13NO/c1-21(2,11-19(25)26-17-12-24-9-7-14(17)8-10-24)18-13-27-20(23-18)15-3-5-16(22)6-4-15;1-13(2,12(17)16-18)10-7-19-11(15-10)8-3-5-9(14)6-4-8;9-7-5-8-3-1-6(7)2-4-8/h3-6,13-14,17H,7-12H2,1-2H3;3-7,18H,1-2H3,(H,16,17);6-7,9H,1-5H2/t17-;;7-/m1.1/s1/i1D3,7D2,8D2,9D2,12D2,14D,17D;1D3;1D2,2D2,3D2,5D2,6D,7D/t14?,17-,21?;;6?,7-. The van der Waals surface area contributed by atoms with Gasteiger partial charge in [0.1, 0.15) is 27.7 Å². The van der Waals surface area contributed by atoms with Crippen molar-refractivity contribution in [2.24, 2.45) is 11.8 Å². The molecule has 8 heterocycles. The van der Waals surface area contributed by atoms with Crippen LogP contribution in [0.3, 0.4) is 0 Å². The summed E-state index contributed by atoms with van der Waals surface area (Å²) in [5, 5.41) is 22.4. The number of hydrogen-bond donors (Lipinski definition) is 3. The molecular formula is C41H51F2N5O5S2. The topological polar surface area (TPSA) is 128 Å². The first-order valence-corrected chi connectivity index (χ1v) is 17.8. The largest absolute Gasteiger partial charge is 0.461 e. The molecule has 4 bridgehead atoms. The fourth-order valence-corrected chi connectivity index (χ4v) is 6.71. The SMILES string of the molecule is [2H]C([2H])([2H])C(C)(C(=O)NO)c1csc(-c2ccc(F)cc2)n1.[2H]C([2H])([2H])C(C)(CC(=O)O[C@]1([2H])C([2H])([2H])N2CC([2H])([2H])C1([2H])C([2H])([2H])C2([2H])[2H])c1csc(-c2ccc(F)cc2)n1.[2H]C1([2H])CN2C([2H])([2H])C([2H])([2H])C1([2H])[C@]([2H])(O)C2([2H])[2H]. The van der Waals surface area contributed by atoms with Gasteiger partial charge in [0.25, 0.3) is 5.91 Å². The van der Waals surface area contributed by atoms with Crippen LogP contribution in [0.2, 0.25) is 0 Å². The minimum atomic E-state index is -3.66. The summed E-state index contributed by atoms with van der Waals surface area (Å²) in [6.45, 7) is -18.1. The molecule has 4 aromatic rings. The van der Waals surface area contributed by atoms with Crippen LogP contribution in [-0.2, 0) is 25.2 Å². The highest BCUT2D eigenvalue weighted by atomic mass is 32.1. The van der Waals surface area contributed by atoms with Crippen molar-refractivity contribution in [3.8, 4) is 21.1 Å². The zero-order valence-corrected chi connectivity index (χ0v) is 30.5. The molecule has 3 N–H and O–H groups in total. The minimum Gasteiger partial charge on any atom is -0.461 e. The first kappa shape index (κ1) is 19.2. The van der Waals surface area contributed by atoms with Crippen LogP contribution in [0.5, 0.6) is 0 Å². The van der Waals surface area contributed by atoms with Crippen molar-refractivity contribution in [2.75, 3.05) is 39.1 Å². The number of nitrogens with zero attached hydrogens (tertiary/aromatic N) is 4. The van der Waals surface area contributed by atoms with Gasteiger partial charge in [0.15, 0.2) is 0 Å². The monoisotopic (exact) mass is 821 g/mol. The lowest BCUT2D eigenvalue weighted by Crippen LogP contribution is -2.52. The zero-order chi connectivity index (χ0) is 62.4. The van der Waals surface area contributed by atoms with Gasteiger partial charge in [-0.2, -0.15) is 0 Å². The average Bonchev–Trinajstić information content (AvgIpc) is 4.10. The highest BCUT2D eigenvalue weighted by molar-refractivity contribution is 7.13. The molecule has 6 saturated heterocycles. The molecule has 1 amide bonds. The Morgan fingerprint density at radius 1 is 0.891 bits per heavy atom. The smallest absolute Gasteiger partial charge is 0.307 e. The molecular weight excluding hydrogens is 745 g/mol. The number of aromatic nitrogens is 2. The predicted molar refractivity (Wildman–Crippen MR) is 210 cm³/mol. The van der Waals surface area contributed by atoms with E-state index in [0.29, 0.717) is 21.1 Å². The Balaban J connectivity index is 0.000000216. The summed E-state index contributed by atoms with van der Waals surface area (Å²) in [4.78, 5) is 33.9. The summed E-state index contributed by atoms with van der Waals surface area (Å²) < 4.78 is 239. The maximum absolute atomic E-state index is 13.3. The van der Waals surface area contributed by atoms with Crippen LogP contribution in [0.15, 0.2) is 59.3 Å². The van der Waals surface area contributed by atoms with Gasteiger partial charge in [-0.1, -0.05) is 13.8 Å². The molecule has 14 heteroatoms. The molecule has 2 aromatic heterocycles. The van der Waals surface area contributed by atoms with Gasteiger partial charge in [-0.25, -0.2) is 24.2 Å². The Labute approximate surface area is 366 Å². The highest BCUT2D eigenvalue weighted by Crippen LogP contribution is 2.35. The van der Waals surface area contributed by atoms with E-state index < -0.39 is 143 Å². The summed E-state index contributed by atoms with van der Waals surface area (Å²) in [6, 6.07) is 10.8. The number of aliphatic hydroxyl groups is 1. The van der Waals surface area contributed by atoms with E-state index in [2.05, 4.69) is 9.97 Å². The third-order valence-electron chi connectivity index (χ3n) is 7.94. The number of nitrogens with one attached hydrogen (secondary N) is 1. The number of hydrogen-bond acceptors (Lipinski definition) is 11. The maximum atomic E-state index is 13.3. The van der Waals surface area contributed by atoms with Crippen LogP contribution in [0.1, 0.15) is 106 Å². The third-order valence-corrected chi connectivity index (χ3v) is 9.72. The number of carbonyl (C=O) groups excluding carboxylic acids is 2. The van der Waals surface area contributed by atoms with E-state index in [1.54, 1.807) is 0 Å².